The molecular formula is C16H20N2O2. The Morgan fingerprint density at radius 3 is 1.70 bits per heavy atom. The van der Waals surface area contributed by atoms with Gasteiger partial charge in [0.2, 0.25) is 11.8 Å². The van der Waals surface area contributed by atoms with Crippen LogP contribution in [0.25, 0.3) is 0 Å². The van der Waals surface area contributed by atoms with Gasteiger partial charge in [0, 0.05) is 24.2 Å². The highest BCUT2D eigenvalue weighted by Crippen LogP contribution is 2.05. The van der Waals surface area contributed by atoms with Gasteiger partial charge >= 0.3 is 0 Å². The lowest BCUT2D eigenvalue weighted by Crippen LogP contribution is -2.24. The quantitative estimate of drug-likeness (QED) is 0.779. The number of carbonyl (C=O) groups excluding carboxylic acids is 2. The maximum Gasteiger partial charge on any atom is 0.246 e. The highest BCUT2D eigenvalue weighted by atomic mass is 16.2. The molecule has 0 aromatic heterocycles. The van der Waals surface area contributed by atoms with Crippen LogP contribution in [0, 0.1) is 0 Å². The molecule has 2 N–H and O–H groups in total. The second-order valence-corrected chi connectivity index (χ2v) is 4.75. The van der Waals surface area contributed by atoms with Crippen molar-refractivity contribution >= 4 is 11.8 Å². The topological polar surface area (TPSA) is 58.2 Å². The first-order valence-electron chi connectivity index (χ1n) is 6.35. The zero-order valence-electron chi connectivity index (χ0n) is 12.0. The summed E-state index contributed by atoms with van der Waals surface area (Å²) in [6.07, 6.45) is 0. The first-order valence-corrected chi connectivity index (χ1v) is 6.35. The zero-order chi connectivity index (χ0) is 15.1. The molecule has 0 saturated heterocycles. The molecular weight excluding hydrogens is 252 g/mol. The first kappa shape index (κ1) is 15.7. The molecule has 0 bridgehead atoms. The number of benzene rings is 1. The van der Waals surface area contributed by atoms with Crippen molar-refractivity contribution in [2.24, 2.45) is 0 Å². The van der Waals surface area contributed by atoms with E-state index in [2.05, 4.69) is 23.8 Å². The minimum Gasteiger partial charge on any atom is -0.348 e. The van der Waals surface area contributed by atoms with E-state index in [1.807, 2.05) is 24.3 Å². The Labute approximate surface area is 119 Å². The molecule has 1 rings (SSSR count). The average molecular weight is 272 g/mol. The second kappa shape index (κ2) is 7.28. The summed E-state index contributed by atoms with van der Waals surface area (Å²) in [5, 5.41) is 5.54. The smallest absolute Gasteiger partial charge is 0.246 e. The van der Waals surface area contributed by atoms with Crippen LogP contribution in [0.1, 0.15) is 25.0 Å². The maximum absolute atomic E-state index is 11.4. The van der Waals surface area contributed by atoms with Crippen LogP contribution in [-0.2, 0) is 22.7 Å². The molecule has 20 heavy (non-hydrogen) atoms. The standard InChI is InChI=1S/C16H20N2O2/c1-11(2)15(19)17-9-13-6-5-7-14(8-13)10-18-16(20)12(3)4/h5-8H,1,3,9-10H2,2,4H3,(H,17,19)(H,18,20). The van der Waals surface area contributed by atoms with Gasteiger partial charge in [0.15, 0.2) is 0 Å². The van der Waals surface area contributed by atoms with Crippen molar-refractivity contribution in [2.45, 2.75) is 26.9 Å². The third-order valence-corrected chi connectivity index (χ3v) is 2.67. The molecule has 1 aromatic rings. The maximum atomic E-state index is 11.4. The molecule has 106 valence electrons. The molecule has 0 heterocycles. The van der Waals surface area contributed by atoms with E-state index in [9.17, 15) is 9.59 Å². The van der Waals surface area contributed by atoms with Gasteiger partial charge < -0.3 is 10.6 Å². The van der Waals surface area contributed by atoms with Gasteiger partial charge in [-0.25, -0.2) is 0 Å². The molecule has 4 nitrogen and oxygen atoms in total. The Balaban J connectivity index is 2.57. The fourth-order valence-electron chi connectivity index (χ4n) is 1.52. The van der Waals surface area contributed by atoms with Gasteiger partial charge in [-0.05, 0) is 25.0 Å². The summed E-state index contributed by atoms with van der Waals surface area (Å²) < 4.78 is 0. The van der Waals surface area contributed by atoms with Gasteiger partial charge in [-0.2, -0.15) is 0 Å². The van der Waals surface area contributed by atoms with Crippen LogP contribution in [-0.4, -0.2) is 11.8 Å². The predicted octanol–water partition coefficient (Wildman–Crippen LogP) is 2.07. The lowest BCUT2D eigenvalue weighted by atomic mass is 10.1. The molecule has 0 aliphatic heterocycles. The van der Waals surface area contributed by atoms with E-state index in [-0.39, 0.29) is 11.8 Å². The van der Waals surface area contributed by atoms with Crippen molar-refractivity contribution in [3.05, 3.63) is 59.7 Å². The van der Waals surface area contributed by atoms with Crippen molar-refractivity contribution in [3.63, 3.8) is 0 Å². The lowest BCUT2D eigenvalue weighted by molar-refractivity contribution is -0.118. The van der Waals surface area contributed by atoms with Crippen LogP contribution < -0.4 is 10.6 Å². The van der Waals surface area contributed by atoms with Crippen molar-refractivity contribution in [1.29, 1.82) is 0 Å². The molecule has 0 saturated carbocycles. The third-order valence-electron chi connectivity index (χ3n) is 2.67. The molecule has 4 heteroatoms. The van der Waals surface area contributed by atoms with Crippen LogP contribution in [0.15, 0.2) is 48.6 Å². The minimum atomic E-state index is -0.161. The van der Waals surface area contributed by atoms with E-state index >= 15 is 0 Å². The number of amides is 2. The summed E-state index contributed by atoms with van der Waals surface area (Å²) in [7, 11) is 0. The Hall–Kier alpha value is -2.36. The van der Waals surface area contributed by atoms with Gasteiger partial charge in [-0.1, -0.05) is 37.4 Å². The molecule has 0 atom stereocenters. The normalized spacial score (nSPS) is 9.70. The van der Waals surface area contributed by atoms with E-state index in [1.165, 1.54) is 0 Å². The second-order valence-electron chi connectivity index (χ2n) is 4.75. The number of rotatable bonds is 6. The van der Waals surface area contributed by atoms with Crippen LogP contribution in [0.2, 0.25) is 0 Å². The number of nitrogens with one attached hydrogen (secondary N) is 2. The SMILES string of the molecule is C=C(C)C(=O)NCc1cccc(CNC(=O)C(=C)C)c1. The number of carbonyl (C=O) groups is 2. The summed E-state index contributed by atoms with van der Waals surface area (Å²) in [4.78, 5) is 22.8. The van der Waals surface area contributed by atoms with Gasteiger partial charge in [0.1, 0.15) is 0 Å². The number of hydrogen-bond donors (Lipinski definition) is 2. The summed E-state index contributed by atoms with van der Waals surface area (Å²) >= 11 is 0. The highest BCUT2D eigenvalue weighted by molar-refractivity contribution is 5.92. The summed E-state index contributed by atoms with van der Waals surface area (Å²) in [6, 6.07) is 7.67. The van der Waals surface area contributed by atoms with E-state index in [1.54, 1.807) is 13.8 Å². The van der Waals surface area contributed by atoms with Crippen LogP contribution in [0.5, 0.6) is 0 Å². The molecule has 0 aliphatic carbocycles. The molecule has 0 radical (unpaired) electrons. The summed E-state index contributed by atoms with van der Waals surface area (Å²) in [5.74, 6) is -0.322. The largest absolute Gasteiger partial charge is 0.348 e. The highest BCUT2D eigenvalue weighted by Gasteiger charge is 2.03. The summed E-state index contributed by atoms with van der Waals surface area (Å²) in [6.45, 7) is 11.4. The van der Waals surface area contributed by atoms with Crippen LogP contribution in [0.3, 0.4) is 0 Å². The first-order chi connectivity index (χ1) is 9.40. The monoisotopic (exact) mass is 272 g/mol. The van der Waals surface area contributed by atoms with Gasteiger partial charge in [0.25, 0.3) is 0 Å². The molecule has 1 aromatic carbocycles. The van der Waals surface area contributed by atoms with E-state index < -0.39 is 0 Å². The Kier molecular flexibility index (Phi) is 5.72. The van der Waals surface area contributed by atoms with Crippen molar-refractivity contribution in [1.82, 2.24) is 10.6 Å². The molecule has 0 unspecified atom stereocenters. The molecule has 0 fully saturated rings. The molecule has 0 spiro atoms. The van der Waals surface area contributed by atoms with E-state index in [0.29, 0.717) is 24.2 Å². The van der Waals surface area contributed by atoms with Crippen molar-refractivity contribution in [3.8, 4) is 0 Å². The Morgan fingerprint density at radius 2 is 1.35 bits per heavy atom. The molecule has 2 amide bonds. The van der Waals surface area contributed by atoms with Crippen molar-refractivity contribution < 1.29 is 9.59 Å². The zero-order valence-corrected chi connectivity index (χ0v) is 12.0. The fourth-order valence-corrected chi connectivity index (χ4v) is 1.52. The van der Waals surface area contributed by atoms with E-state index in [0.717, 1.165) is 11.1 Å². The van der Waals surface area contributed by atoms with Crippen LogP contribution in [0.4, 0.5) is 0 Å². The van der Waals surface area contributed by atoms with Crippen molar-refractivity contribution in [2.75, 3.05) is 0 Å². The summed E-state index contributed by atoms with van der Waals surface area (Å²) in [5.41, 5.74) is 2.91. The van der Waals surface area contributed by atoms with Gasteiger partial charge in [-0.3, -0.25) is 9.59 Å². The fraction of sp³-hybridized carbons (Fsp3) is 0.250. The van der Waals surface area contributed by atoms with E-state index in [4.69, 9.17) is 0 Å². The minimum absolute atomic E-state index is 0.161. The van der Waals surface area contributed by atoms with Gasteiger partial charge in [-0.15, -0.1) is 0 Å². The Bertz CT molecular complexity index is 502. The van der Waals surface area contributed by atoms with Crippen LogP contribution >= 0.6 is 0 Å². The average Bonchev–Trinajstić information content (AvgIpc) is 2.42. The lowest BCUT2D eigenvalue weighted by Gasteiger charge is -2.08. The third kappa shape index (κ3) is 5.10. The number of hydrogen-bond acceptors (Lipinski definition) is 2. The molecule has 0 aliphatic rings. The predicted molar refractivity (Wildman–Crippen MR) is 79.8 cm³/mol. The Morgan fingerprint density at radius 1 is 0.950 bits per heavy atom. The van der Waals surface area contributed by atoms with Gasteiger partial charge in [0.05, 0.1) is 0 Å².